The van der Waals surface area contributed by atoms with E-state index in [2.05, 4.69) is 0 Å². The minimum atomic E-state index is -0.597. The van der Waals surface area contributed by atoms with E-state index < -0.39 is 4.33 Å². The molecule has 3 heteroatoms. The van der Waals surface area contributed by atoms with Crippen molar-refractivity contribution in [1.29, 1.82) is 0 Å². The van der Waals surface area contributed by atoms with Gasteiger partial charge in [-0.05, 0) is 6.92 Å². The van der Waals surface area contributed by atoms with E-state index in [-0.39, 0.29) is 6.10 Å². The summed E-state index contributed by atoms with van der Waals surface area (Å²) in [5.41, 5.74) is 0. The lowest BCUT2D eigenvalue weighted by atomic mass is 10.2. The second kappa shape index (κ2) is 1.51. The van der Waals surface area contributed by atoms with Crippen LogP contribution < -0.4 is 0 Å². The molecule has 0 saturated carbocycles. The van der Waals surface area contributed by atoms with E-state index in [1.807, 2.05) is 6.92 Å². The molecular weight excluding hydrogens is 135 g/mol. The van der Waals surface area contributed by atoms with E-state index in [1.165, 1.54) is 0 Å². The summed E-state index contributed by atoms with van der Waals surface area (Å²) >= 11 is 11.2. The molecule has 0 bridgehead atoms. The monoisotopic (exact) mass is 140 g/mol. The molecule has 0 aromatic carbocycles. The van der Waals surface area contributed by atoms with Gasteiger partial charge in [-0.3, -0.25) is 0 Å². The molecule has 0 amide bonds. The maximum atomic E-state index is 5.60. The van der Waals surface area contributed by atoms with Crippen molar-refractivity contribution >= 4 is 23.2 Å². The molecule has 0 aromatic heterocycles. The van der Waals surface area contributed by atoms with Crippen molar-refractivity contribution in [3.8, 4) is 0 Å². The summed E-state index contributed by atoms with van der Waals surface area (Å²) in [7, 11) is 0. The van der Waals surface area contributed by atoms with Gasteiger partial charge < -0.3 is 4.74 Å². The lowest BCUT2D eigenvalue weighted by molar-refractivity contribution is -0.0494. The molecule has 1 aliphatic heterocycles. The average Bonchev–Trinajstić information content (AvgIpc) is 1.63. The van der Waals surface area contributed by atoms with Crippen LogP contribution in [-0.4, -0.2) is 17.0 Å². The largest absolute Gasteiger partial charge is 0.372 e. The Balaban J connectivity index is 2.43. The van der Waals surface area contributed by atoms with Crippen LogP contribution in [0.15, 0.2) is 0 Å². The first-order chi connectivity index (χ1) is 3.13. The minimum absolute atomic E-state index is 0.0100. The predicted octanol–water partition coefficient (Wildman–Crippen LogP) is 1.58. The highest BCUT2D eigenvalue weighted by molar-refractivity contribution is 6.49. The first-order valence-corrected chi connectivity index (χ1v) is 2.88. The van der Waals surface area contributed by atoms with Gasteiger partial charge in [0.05, 0.1) is 12.7 Å². The molecule has 1 rings (SSSR count). The van der Waals surface area contributed by atoms with Gasteiger partial charge in [0.15, 0.2) is 4.33 Å². The Kier molecular flexibility index (Phi) is 1.22. The topological polar surface area (TPSA) is 9.23 Å². The van der Waals surface area contributed by atoms with Gasteiger partial charge in [0.2, 0.25) is 0 Å². The zero-order chi connectivity index (χ0) is 5.49. The normalized spacial score (nSPS) is 37.3. The summed E-state index contributed by atoms with van der Waals surface area (Å²) in [6.45, 7) is 2.32. The van der Waals surface area contributed by atoms with Crippen LogP contribution in [0.3, 0.4) is 0 Å². The predicted molar refractivity (Wildman–Crippen MR) is 29.9 cm³/mol. The van der Waals surface area contributed by atoms with Crippen molar-refractivity contribution < 1.29 is 4.74 Å². The molecule has 42 valence electrons. The molecule has 0 radical (unpaired) electrons. The first-order valence-electron chi connectivity index (χ1n) is 2.12. The van der Waals surface area contributed by atoms with Crippen LogP contribution in [0.4, 0.5) is 0 Å². The Labute approximate surface area is 52.5 Å². The van der Waals surface area contributed by atoms with Gasteiger partial charge in [0.1, 0.15) is 0 Å². The van der Waals surface area contributed by atoms with E-state index in [4.69, 9.17) is 27.9 Å². The summed E-state index contributed by atoms with van der Waals surface area (Å²) < 4.78 is 4.28. The molecule has 0 N–H and O–H groups in total. The van der Waals surface area contributed by atoms with Crippen molar-refractivity contribution in [1.82, 2.24) is 0 Å². The van der Waals surface area contributed by atoms with Crippen LogP contribution in [-0.2, 0) is 4.74 Å². The quantitative estimate of drug-likeness (QED) is 0.465. The van der Waals surface area contributed by atoms with Gasteiger partial charge in [-0.2, -0.15) is 0 Å². The Morgan fingerprint density at radius 3 is 2.14 bits per heavy atom. The van der Waals surface area contributed by atoms with Crippen LogP contribution in [0.2, 0.25) is 0 Å². The SMILES string of the molecule is CC1OCC1(Cl)Cl. The number of alkyl halides is 2. The summed E-state index contributed by atoms with van der Waals surface area (Å²) in [5.74, 6) is 0. The maximum Gasteiger partial charge on any atom is 0.166 e. The van der Waals surface area contributed by atoms with Crippen LogP contribution in [0, 0.1) is 0 Å². The van der Waals surface area contributed by atoms with Crippen molar-refractivity contribution in [2.45, 2.75) is 17.4 Å². The van der Waals surface area contributed by atoms with Gasteiger partial charge >= 0.3 is 0 Å². The summed E-state index contributed by atoms with van der Waals surface area (Å²) in [4.78, 5) is 0. The van der Waals surface area contributed by atoms with Gasteiger partial charge in [-0.15, -0.1) is 0 Å². The van der Waals surface area contributed by atoms with E-state index in [0.717, 1.165) is 0 Å². The van der Waals surface area contributed by atoms with Crippen molar-refractivity contribution in [2.24, 2.45) is 0 Å². The second-order valence-electron chi connectivity index (χ2n) is 1.71. The van der Waals surface area contributed by atoms with E-state index in [0.29, 0.717) is 6.61 Å². The molecule has 1 aliphatic rings. The molecule has 1 unspecified atom stereocenters. The Bertz CT molecular complexity index is 81.8. The zero-order valence-corrected chi connectivity index (χ0v) is 5.46. The minimum Gasteiger partial charge on any atom is -0.372 e. The van der Waals surface area contributed by atoms with Crippen molar-refractivity contribution in [3.05, 3.63) is 0 Å². The highest BCUT2D eigenvalue weighted by Crippen LogP contribution is 2.35. The number of halogens is 2. The number of ether oxygens (including phenoxy) is 1. The van der Waals surface area contributed by atoms with Gasteiger partial charge in [-0.1, -0.05) is 23.2 Å². The smallest absolute Gasteiger partial charge is 0.166 e. The molecule has 1 nitrogen and oxygen atoms in total. The molecule has 0 spiro atoms. The zero-order valence-electron chi connectivity index (χ0n) is 3.95. The van der Waals surface area contributed by atoms with Gasteiger partial charge in [-0.25, -0.2) is 0 Å². The highest BCUT2D eigenvalue weighted by Gasteiger charge is 2.41. The lowest BCUT2D eigenvalue weighted by Crippen LogP contribution is -2.47. The van der Waals surface area contributed by atoms with Crippen LogP contribution in [0.1, 0.15) is 6.92 Å². The molecule has 1 saturated heterocycles. The molecule has 1 fully saturated rings. The van der Waals surface area contributed by atoms with E-state index >= 15 is 0 Å². The summed E-state index contributed by atoms with van der Waals surface area (Å²) in [6, 6.07) is 0. The second-order valence-corrected chi connectivity index (χ2v) is 3.26. The number of hydrogen-bond acceptors (Lipinski definition) is 1. The fourth-order valence-electron chi connectivity index (χ4n) is 0.376. The van der Waals surface area contributed by atoms with E-state index in [1.54, 1.807) is 0 Å². The van der Waals surface area contributed by atoms with Crippen LogP contribution in [0.5, 0.6) is 0 Å². The third-order valence-corrected chi connectivity index (χ3v) is 1.95. The Hall–Kier alpha value is 0.540. The molecule has 7 heavy (non-hydrogen) atoms. The van der Waals surface area contributed by atoms with E-state index in [9.17, 15) is 0 Å². The number of hydrogen-bond donors (Lipinski definition) is 0. The standard InChI is InChI=1S/C4H6Cl2O/c1-3-4(5,6)2-7-3/h3H,2H2,1H3. The third-order valence-electron chi connectivity index (χ3n) is 1.12. The molecular formula is C4H6Cl2O. The Morgan fingerprint density at radius 1 is 1.71 bits per heavy atom. The first kappa shape index (κ1) is 5.67. The molecule has 1 heterocycles. The van der Waals surface area contributed by atoms with Crippen molar-refractivity contribution in [2.75, 3.05) is 6.61 Å². The molecule has 1 atom stereocenters. The fourth-order valence-corrected chi connectivity index (χ4v) is 0.628. The summed E-state index contributed by atoms with van der Waals surface area (Å²) in [6.07, 6.45) is 0.0100. The van der Waals surface area contributed by atoms with Gasteiger partial charge in [0, 0.05) is 0 Å². The Morgan fingerprint density at radius 2 is 2.14 bits per heavy atom. The number of rotatable bonds is 0. The van der Waals surface area contributed by atoms with Gasteiger partial charge in [0.25, 0.3) is 0 Å². The maximum absolute atomic E-state index is 5.60. The van der Waals surface area contributed by atoms with Crippen LogP contribution >= 0.6 is 23.2 Å². The van der Waals surface area contributed by atoms with Crippen LogP contribution in [0.25, 0.3) is 0 Å². The molecule has 0 aliphatic carbocycles. The fraction of sp³-hybridized carbons (Fsp3) is 1.00. The summed E-state index contributed by atoms with van der Waals surface area (Å²) in [5, 5.41) is 0. The average molecular weight is 141 g/mol. The third kappa shape index (κ3) is 0.857. The molecule has 0 aromatic rings. The highest BCUT2D eigenvalue weighted by atomic mass is 35.5. The lowest BCUT2D eigenvalue weighted by Gasteiger charge is -2.36. The van der Waals surface area contributed by atoms with Crippen molar-refractivity contribution in [3.63, 3.8) is 0 Å².